The molecule has 0 fully saturated rings. The predicted octanol–water partition coefficient (Wildman–Crippen LogP) is 13.0. The topological polar surface area (TPSA) is 38.1 Å². The molecule has 0 aliphatic heterocycles. The van der Waals surface area contributed by atoms with Crippen LogP contribution in [0, 0.1) is 0 Å². The van der Waals surface area contributed by atoms with E-state index in [1.165, 1.54) is 43.5 Å². The van der Waals surface area contributed by atoms with Crippen LogP contribution in [-0.4, -0.2) is 16.2 Å². The summed E-state index contributed by atoms with van der Waals surface area (Å²) in [6.45, 7) is 2.05. The van der Waals surface area contributed by atoms with E-state index in [-0.39, 0.29) is 0 Å². The molecule has 3 nitrogen and oxygen atoms in total. The van der Waals surface area contributed by atoms with Gasteiger partial charge in [0.25, 0.3) is 0 Å². The van der Waals surface area contributed by atoms with E-state index in [0.29, 0.717) is 6.42 Å². The zero-order valence-corrected chi connectivity index (χ0v) is 29.7. The molecule has 0 saturated heterocycles. The largest absolute Gasteiger partial charge is 0.264 e. The number of aliphatic imine (C=N–C) groups is 1. The first-order valence-electron chi connectivity index (χ1n) is 18.2. The maximum absolute atomic E-state index is 5.21. The van der Waals surface area contributed by atoms with E-state index in [2.05, 4.69) is 164 Å². The molecule has 1 aromatic heterocycles. The first kappa shape index (κ1) is 33.4. The van der Waals surface area contributed by atoms with Crippen molar-refractivity contribution in [3.8, 4) is 33.8 Å². The second-order valence-corrected chi connectivity index (χ2v) is 13.2. The summed E-state index contributed by atoms with van der Waals surface area (Å²) >= 11 is 0. The molecule has 8 aromatic rings. The molecule has 0 unspecified atom stereocenters. The van der Waals surface area contributed by atoms with Gasteiger partial charge in [-0.1, -0.05) is 158 Å². The number of aromatic nitrogens is 2. The minimum absolute atomic E-state index is 0.673. The molecule has 3 heteroatoms. The second kappa shape index (κ2) is 15.7. The number of nitrogens with zero attached hydrogens (tertiary/aromatic N) is 3. The van der Waals surface area contributed by atoms with Crippen molar-refractivity contribution < 1.29 is 0 Å². The molecule has 0 saturated carbocycles. The van der Waals surface area contributed by atoms with Crippen LogP contribution >= 0.6 is 0 Å². The van der Waals surface area contributed by atoms with Gasteiger partial charge in [0.05, 0.1) is 5.69 Å². The van der Waals surface area contributed by atoms with Crippen molar-refractivity contribution in [1.29, 1.82) is 0 Å². The smallest absolute Gasteiger partial charge is 0.160 e. The fraction of sp³-hybridized carbons (Fsp3) is 0.0600. The van der Waals surface area contributed by atoms with Gasteiger partial charge in [-0.2, -0.15) is 0 Å². The summed E-state index contributed by atoms with van der Waals surface area (Å²) < 4.78 is 0. The molecule has 0 radical (unpaired) electrons. The Bertz CT molecular complexity index is 2680. The van der Waals surface area contributed by atoms with E-state index >= 15 is 0 Å². The lowest BCUT2D eigenvalue weighted by Crippen LogP contribution is -1.98. The van der Waals surface area contributed by atoms with Gasteiger partial charge in [-0.15, -0.1) is 0 Å². The van der Waals surface area contributed by atoms with Gasteiger partial charge in [0, 0.05) is 35.7 Å². The minimum Gasteiger partial charge on any atom is -0.264 e. The van der Waals surface area contributed by atoms with Crippen LogP contribution in [0.3, 0.4) is 0 Å². The molecular formula is C50H39N3. The fourth-order valence-electron chi connectivity index (χ4n) is 6.93. The number of allylic oxidation sites excluding steroid dienone is 5. The molecule has 0 aliphatic carbocycles. The molecule has 0 aliphatic rings. The Morgan fingerprint density at radius 2 is 1.32 bits per heavy atom. The Kier molecular flexibility index (Phi) is 9.89. The third-order valence-corrected chi connectivity index (χ3v) is 9.55. The normalized spacial score (nSPS) is 12.3. The summed E-state index contributed by atoms with van der Waals surface area (Å²) in [5.74, 6) is 0.723. The van der Waals surface area contributed by atoms with Gasteiger partial charge in [0.1, 0.15) is 0 Å². The van der Waals surface area contributed by atoms with Gasteiger partial charge in [-0.3, -0.25) is 4.99 Å². The Morgan fingerprint density at radius 1 is 0.585 bits per heavy atom. The van der Waals surface area contributed by atoms with Crippen LogP contribution in [0.25, 0.3) is 66.1 Å². The zero-order valence-electron chi connectivity index (χ0n) is 29.7. The van der Waals surface area contributed by atoms with Crippen LogP contribution in [0.5, 0.6) is 0 Å². The van der Waals surface area contributed by atoms with Gasteiger partial charge in [-0.25, -0.2) is 9.97 Å². The summed E-state index contributed by atoms with van der Waals surface area (Å²) in [6, 6.07) is 55.6. The highest BCUT2D eigenvalue weighted by molar-refractivity contribution is 6.13. The highest BCUT2D eigenvalue weighted by atomic mass is 14.9. The molecule has 254 valence electrons. The van der Waals surface area contributed by atoms with Crippen LogP contribution in [0.1, 0.15) is 24.6 Å². The van der Waals surface area contributed by atoms with Crippen molar-refractivity contribution in [3.05, 3.63) is 205 Å². The van der Waals surface area contributed by atoms with E-state index in [1.807, 2.05) is 42.7 Å². The maximum Gasteiger partial charge on any atom is 0.160 e. The monoisotopic (exact) mass is 681 g/mol. The quantitative estimate of drug-likeness (QED) is 0.0818. The van der Waals surface area contributed by atoms with Crippen LogP contribution in [-0.2, 0) is 6.42 Å². The number of benzene rings is 7. The molecule has 0 spiro atoms. The minimum atomic E-state index is 0.673. The Morgan fingerprint density at radius 3 is 2.17 bits per heavy atom. The molecular weight excluding hydrogens is 643 g/mol. The lowest BCUT2D eigenvalue weighted by molar-refractivity contribution is 1.05. The van der Waals surface area contributed by atoms with Crippen molar-refractivity contribution in [2.75, 3.05) is 0 Å². The molecule has 0 N–H and O–H groups in total. The lowest BCUT2D eigenvalue weighted by atomic mass is 9.92. The second-order valence-electron chi connectivity index (χ2n) is 13.2. The molecule has 8 rings (SSSR count). The summed E-state index contributed by atoms with van der Waals surface area (Å²) in [4.78, 5) is 14.8. The molecule has 53 heavy (non-hydrogen) atoms. The van der Waals surface area contributed by atoms with Gasteiger partial charge < -0.3 is 0 Å². The number of hydrogen-bond donors (Lipinski definition) is 0. The van der Waals surface area contributed by atoms with Crippen LogP contribution in [0.4, 0.5) is 0 Å². The van der Waals surface area contributed by atoms with Crippen molar-refractivity contribution >= 4 is 38.5 Å². The Hall–Kier alpha value is -6.71. The molecule has 0 atom stereocenters. The average Bonchev–Trinajstić information content (AvgIpc) is 3.22. The molecule has 0 bridgehead atoms. The maximum atomic E-state index is 5.21. The van der Waals surface area contributed by atoms with Crippen LogP contribution in [0.15, 0.2) is 199 Å². The standard InChI is InChI=1S/C50H39N3/c1-2-14-36(17-13-30-51-35-37-15-4-3-5-16-37)26-29-44-34-49(53-50(52-44)43-28-27-38-18-6-7-19-39(38)31-43)42-22-12-21-40(32-42)48-33-41-20-8-9-23-45(41)46-24-10-11-25-47(46)48/h2-16,18-28,30-35H,17,29H2,1H3/b14-2-,30-13+,36-26+,51-35-. The Balaban J connectivity index is 1.17. The molecule has 7 aromatic carbocycles. The van der Waals surface area contributed by atoms with Crippen LogP contribution < -0.4 is 0 Å². The van der Waals surface area contributed by atoms with E-state index < -0.39 is 0 Å². The third-order valence-electron chi connectivity index (χ3n) is 9.55. The first-order chi connectivity index (χ1) is 26.2. The van der Waals surface area contributed by atoms with E-state index in [9.17, 15) is 0 Å². The zero-order chi connectivity index (χ0) is 35.8. The van der Waals surface area contributed by atoms with Crippen LogP contribution in [0.2, 0.25) is 0 Å². The summed E-state index contributed by atoms with van der Waals surface area (Å²) in [5, 5.41) is 7.37. The van der Waals surface area contributed by atoms with E-state index in [1.54, 1.807) is 0 Å². The van der Waals surface area contributed by atoms with Gasteiger partial charge in [-0.05, 0) is 92.2 Å². The predicted molar refractivity (Wildman–Crippen MR) is 225 cm³/mol. The number of hydrogen-bond acceptors (Lipinski definition) is 3. The average molecular weight is 682 g/mol. The highest BCUT2D eigenvalue weighted by Gasteiger charge is 2.13. The summed E-state index contributed by atoms with van der Waals surface area (Å²) in [6.07, 6.45) is 13.8. The third kappa shape index (κ3) is 7.66. The summed E-state index contributed by atoms with van der Waals surface area (Å²) in [5.41, 5.74) is 8.59. The lowest BCUT2D eigenvalue weighted by Gasteiger charge is -2.13. The number of fused-ring (bicyclic) bond motifs is 4. The Labute approximate surface area is 311 Å². The van der Waals surface area contributed by atoms with Gasteiger partial charge in [0.2, 0.25) is 0 Å². The van der Waals surface area contributed by atoms with E-state index in [0.717, 1.165) is 45.9 Å². The van der Waals surface area contributed by atoms with Gasteiger partial charge >= 0.3 is 0 Å². The van der Waals surface area contributed by atoms with Gasteiger partial charge in [0.15, 0.2) is 5.82 Å². The SMILES string of the molecule is C/C=C\C(=C/Cc1cc(-c2cccc(-c3cc4ccccc4c4ccccc34)c2)nc(-c2ccc3ccccc3c2)n1)C/C=C/N=C\c1ccccc1. The van der Waals surface area contributed by atoms with Crippen molar-refractivity contribution in [2.24, 2.45) is 4.99 Å². The first-order valence-corrected chi connectivity index (χ1v) is 18.2. The highest BCUT2D eigenvalue weighted by Crippen LogP contribution is 2.36. The molecule has 0 amide bonds. The molecule has 1 heterocycles. The summed E-state index contributed by atoms with van der Waals surface area (Å²) in [7, 11) is 0. The van der Waals surface area contributed by atoms with Crippen molar-refractivity contribution in [3.63, 3.8) is 0 Å². The van der Waals surface area contributed by atoms with E-state index in [4.69, 9.17) is 9.97 Å². The van der Waals surface area contributed by atoms with Crippen molar-refractivity contribution in [2.45, 2.75) is 19.8 Å². The van der Waals surface area contributed by atoms with Crippen molar-refractivity contribution in [1.82, 2.24) is 9.97 Å². The number of rotatable bonds is 10. The fourth-order valence-corrected chi connectivity index (χ4v) is 6.93.